The summed E-state index contributed by atoms with van der Waals surface area (Å²) in [6.07, 6.45) is 0.849. The van der Waals surface area contributed by atoms with Crippen molar-refractivity contribution in [3.05, 3.63) is 106 Å². The summed E-state index contributed by atoms with van der Waals surface area (Å²) in [7, 11) is 0. The molecule has 5 heteroatoms. The molecule has 5 rings (SSSR count). The maximum atomic E-state index is 13.6. The van der Waals surface area contributed by atoms with Gasteiger partial charge < -0.3 is 4.90 Å². The molecule has 3 aromatic carbocycles. The lowest BCUT2D eigenvalue weighted by Crippen LogP contribution is -2.37. The van der Waals surface area contributed by atoms with Crippen molar-refractivity contribution in [1.82, 2.24) is 4.90 Å². The first-order valence-corrected chi connectivity index (χ1v) is 10.7. The van der Waals surface area contributed by atoms with Gasteiger partial charge in [-0.15, -0.1) is 0 Å². The topological polar surface area (TPSA) is 40.6 Å². The average molecular weight is 459 g/mol. The number of amides is 2. The van der Waals surface area contributed by atoms with Gasteiger partial charge >= 0.3 is 0 Å². The number of halogens is 1. The van der Waals surface area contributed by atoms with E-state index in [-0.39, 0.29) is 11.8 Å². The highest BCUT2D eigenvalue weighted by atomic mass is 79.9. The van der Waals surface area contributed by atoms with E-state index in [4.69, 9.17) is 0 Å². The van der Waals surface area contributed by atoms with Crippen LogP contribution in [0.2, 0.25) is 0 Å². The maximum Gasteiger partial charge on any atom is 0.282 e. The lowest BCUT2D eigenvalue weighted by atomic mass is 9.98. The van der Waals surface area contributed by atoms with Crippen molar-refractivity contribution in [3.63, 3.8) is 0 Å². The summed E-state index contributed by atoms with van der Waals surface area (Å²) in [4.78, 5) is 30.5. The molecule has 2 heterocycles. The van der Waals surface area contributed by atoms with E-state index in [1.54, 1.807) is 12.1 Å². The number of rotatable bonds is 3. The summed E-state index contributed by atoms with van der Waals surface area (Å²) in [5.74, 6) is -0.539. The molecule has 0 fully saturated rings. The Morgan fingerprint density at radius 2 is 1.40 bits per heavy atom. The van der Waals surface area contributed by atoms with Gasteiger partial charge in [0.2, 0.25) is 0 Å². The fourth-order valence-corrected chi connectivity index (χ4v) is 4.45. The molecule has 30 heavy (non-hydrogen) atoms. The van der Waals surface area contributed by atoms with Gasteiger partial charge in [0.15, 0.2) is 0 Å². The van der Waals surface area contributed by atoms with Crippen molar-refractivity contribution in [2.45, 2.75) is 13.0 Å². The normalized spacial score (nSPS) is 16.3. The van der Waals surface area contributed by atoms with E-state index >= 15 is 0 Å². The van der Waals surface area contributed by atoms with Gasteiger partial charge in [0.25, 0.3) is 11.8 Å². The maximum absolute atomic E-state index is 13.6. The fraction of sp³-hybridized carbons (Fsp3) is 0.120. The van der Waals surface area contributed by atoms with Gasteiger partial charge in [-0.2, -0.15) is 0 Å². The van der Waals surface area contributed by atoms with Crippen molar-refractivity contribution in [2.24, 2.45) is 0 Å². The second-order valence-corrected chi connectivity index (χ2v) is 8.37. The van der Waals surface area contributed by atoms with Crippen LogP contribution < -0.4 is 4.90 Å². The Labute approximate surface area is 183 Å². The van der Waals surface area contributed by atoms with Crippen LogP contribution in [0.3, 0.4) is 0 Å². The molecule has 0 spiro atoms. The van der Waals surface area contributed by atoms with E-state index in [0.29, 0.717) is 30.0 Å². The molecule has 4 nitrogen and oxygen atoms in total. The van der Waals surface area contributed by atoms with Gasteiger partial charge in [-0.25, -0.2) is 4.90 Å². The van der Waals surface area contributed by atoms with Crippen LogP contribution in [0.15, 0.2) is 89.0 Å². The first-order chi connectivity index (χ1) is 14.6. The number of hydrogen-bond donors (Lipinski definition) is 0. The Balaban J connectivity index is 1.61. The molecule has 0 radical (unpaired) electrons. The standard InChI is InChI=1S/C25H19BrN2O2/c26-20-10-12-21(13-11-20)28-24(29)22(18-7-2-1-3-8-18)23(25(28)30)27-15-14-17-6-4-5-9-19(17)16-27/h1-13H,14-16H2. The summed E-state index contributed by atoms with van der Waals surface area (Å²) >= 11 is 3.42. The number of nitrogens with zero attached hydrogens (tertiary/aromatic N) is 2. The summed E-state index contributed by atoms with van der Waals surface area (Å²) < 4.78 is 0.898. The number of imide groups is 1. The summed E-state index contributed by atoms with van der Waals surface area (Å²) in [5, 5.41) is 0. The smallest absolute Gasteiger partial charge is 0.282 e. The van der Waals surface area contributed by atoms with E-state index in [0.717, 1.165) is 16.5 Å². The van der Waals surface area contributed by atoms with Gasteiger partial charge in [0.05, 0.1) is 11.3 Å². The highest BCUT2D eigenvalue weighted by molar-refractivity contribution is 9.10. The zero-order valence-electron chi connectivity index (χ0n) is 16.2. The van der Waals surface area contributed by atoms with Gasteiger partial charge in [0, 0.05) is 17.6 Å². The molecule has 0 atom stereocenters. The molecule has 0 unspecified atom stereocenters. The predicted octanol–water partition coefficient (Wildman–Crippen LogP) is 4.79. The van der Waals surface area contributed by atoms with Crippen molar-refractivity contribution in [3.8, 4) is 0 Å². The van der Waals surface area contributed by atoms with Crippen LogP contribution in [0.5, 0.6) is 0 Å². The van der Waals surface area contributed by atoms with Crippen LogP contribution in [0.1, 0.15) is 16.7 Å². The zero-order valence-corrected chi connectivity index (χ0v) is 17.8. The third-order valence-corrected chi connectivity index (χ3v) is 6.18. The fourth-order valence-electron chi connectivity index (χ4n) is 4.19. The second kappa shape index (κ2) is 7.58. The van der Waals surface area contributed by atoms with Gasteiger partial charge in [-0.1, -0.05) is 70.5 Å². The number of fused-ring (bicyclic) bond motifs is 1. The van der Waals surface area contributed by atoms with Crippen molar-refractivity contribution < 1.29 is 9.59 Å². The summed E-state index contributed by atoms with van der Waals surface area (Å²) in [6, 6.07) is 25.0. The van der Waals surface area contributed by atoms with E-state index < -0.39 is 0 Å². The van der Waals surface area contributed by atoms with E-state index in [1.165, 1.54) is 16.0 Å². The molecule has 2 aliphatic heterocycles. The van der Waals surface area contributed by atoms with Gasteiger partial charge in [-0.3, -0.25) is 9.59 Å². The lowest BCUT2D eigenvalue weighted by Gasteiger charge is -2.31. The summed E-state index contributed by atoms with van der Waals surface area (Å²) in [5.41, 5.74) is 4.81. The molecule has 0 aromatic heterocycles. The van der Waals surface area contributed by atoms with E-state index in [1.807, 2.05) is 54.6 Å². The van der Waals surface area contributed by atoms with Crippen molar-refractivity contribution in [2.75, 3.05) is 11.4 Å². The van der Waals surface area contributed by atoms with E-state index in [2.05, 4.69) is 33.0 Å². The SMILES string of the molecule is O=C1C(c2ccccc2)=C(N2CCc3ccccc3C2)C(=O)N1c1ccc(Br)cc1. The molecular weight excluding hydrogens is 440 g/mol. The minimum Gasteiger partial charge on any atom is -0.362 e. The Hall–Kier alpha value is -3.18. The molecule has 0 saturated carbocycles. The van der Waals surface area contributed by atoms with Crippen LogP contribution in [-0.2, 0) is 22.6 Å². The quantitative estimate of drug-likeness (QED) is 0.529. The molecule has 0 bridgehead atoms. The molecule has 2 aliphatic rings. The molecule has 0 N–H and O–H groups in total. The minimum absolute atomic E-state index is 0.263. The molecule has 3 aromatic rings. The largest absolute Gasteiger partial charge is 0.362 e. The third-order valence-electron chi connectivity index (χ3n) is 5.65. The Morgan fingerprint density at radius 3 is 2.13 bits per heavy atom. The minimum atomic E-state index is -0.276. The first kappa shape index (κ1) is 18.8. The number of carbonyl (C=O) groups is 2. The zero-order chi connectivity index (χ0) is 20.7. The van der Waals surface area contributed by atoms with Crippen LogP contribution >= 0.6 is 15.9 Å². The van der Waals surface area contributed by atoms with Crippen LogP contribution in [0, 0.1) is 0 Å². The Kier molecular flexibility index (Phi) is 4.75. The van der Waals surface area contributed by atoms with Crippen LogP contribution in [0.25, 0.3) is 5.57 Å². The van der Waals surface area contributed by atoms with Crippen molar-refractivity contribution in [1.29, 1.82) is 0 Å². The van der Waals surface area contributed by atoms with Crippen molar-refractivity contribution >= 4 is 39.0 Å². The molecule has 0 saturated heterocycles. The number of anilines is 1. The van der Waals surface area contributed by atoms with Gasteiger partial charge in [0.1, 0.15) is 5.70 Å². The van der Waals surface area contributed by atoms with Gasteiger partial charge in [-0.05, 0) is 47.4 Å². The van der Waals surface area contributed by atoms with Crippen LogP contribution in [0.4, 0.5) is 5.69 Å². The predicted molar refractivity (Wildman–Crippen MR) is 121 cm³/mol. The third kappa shape index (κ3) is 3.15. The monoisotopic (exact) mass is 458 g/mol. The second-order valence-electron chi connectivity index (χ2n) is 7.45. The number of hydrogen-bond acceptors (Lipinski definition) is 3. The molecule has 0 aliphatic carbocycles. The first-order valence-electron chi connectivity index (χ1n) is 9.89. The number of carbonyl (C=O) groups excluding carboxylic acids is 2. The van der Waals surface area contributed by atoms with E-state index in [9.17, 15) is 9.59 Å². The Bertz CT molecular complexity index is 1170. The highest BCUT2D eigenvalue weighted by Crippen LogP contribution is 2.36. The Morgan fingerprint density at radius 1 is 0.733 bits per heavy atom. The lowest BCUT2D eigenvalue weighted by molar-refractivity contribution is -0.120. The molecule has 2 amide bonds. The average Bonchev–Trinajstić information content (AvgIpc) is 3.05. The highest BCUT2D eigenvalue weighted by Gasteiger charge is 2.42. The molecule has 148 valence electrons. The summed E-state index contributed by atoms with van der Waals surface area (Å²) in [6.45, 7) is 1.32. The molecular formula is C25H19BrN2O2. The number of benzene rings is 3. The van der Waals surface area contributed by atoms with Crippen LogP contribution in [-0.4, -0.2) is 23.3 Å².